The molecular formula is C25H32N4O4S. The maximum atomic E-state index is 12.9. The van der Waals surface area contributed by atoms with Crippen LogP contribution in [0.15, 0.2) is 47.6 Å². The van der Waals surface area contributed by atoms with Crippen LogP contribution in [0.25, 0.3) is 0 Å². The van der Waals surface area contributed by atoms with E-state index in [4.69, 9.17) is 0 Å². The minimum Gasteiger partial charge on any atom is -0.352 e. The average Bonchev–Trinajstić information content (AvgIpc) is 3.17. The molecule has 2 aromatic rings. The Kier molecular flexibility index (Phi) is 7.33. The van der Waals surface area contributed by atoms with Crippen molar-refractivity contribution in [3.8, 4) is 0 Å². The van der Waals surface area contributed by atoms with Crippen molar-refractivity contribution in [1.29, 1.82) is 0 Å². The van der Waals surface area contributed by atoms with Crippen LogP contribution in [-0.2, 0) is 32.6 Å². The van der Waals surface area contributed by atoms with Crippen LogP contribution in [0.2, 0.25) is 0 Å². The van der Waals surface area contributed by atoms with E-state index in [1.807, 2.05) is 19.1 Å². The fourth-order valence-corrected chi connectivity index (χ4v) is 6.20. The molecule has 2 heterocycles. The van der Waals surface area contributed by atoms with Gasteiger partial charge in [-0.25, -0.2) is 13.1 Å². The number of nitrogens with one attached hydrogen (secondary N) is 2. The molecule has 4 rings (SSSR count). The lowest BCUT2D eigenvalue weighted by Gasteiger charge is -2.28. The SMILES string of the molecule is CC(=O)N1c2ccc(S(=O)(=O)NCC3CCC(C(=O)NCc4cccnc4)CC3)cc2C[C@@H]1C. The van der Waals surface area contributed by atoms with E-state index < -0.39 is 10.0 Å². The lowest BCUT2D eigenvalue weighted by atomic mass is 9.81. The Labute approximate surface area is 201 Å². The topological polar surface area (TPSA) is 108 Å². The van der Waals surface area contributed by atoms with Crippen LogP contribution in [0.3, 0.4) is 0 Å². The summed E-state index contributed by atoms with van der Waals surface area (Å²) in [6.45, 7) is 4.32. The van der Waals surface area contributed by atoms with E-state index in [2.05, 4.69) is 15.0 Å². The van der Waals surface area contributed by atoms with E-state index in [-0.39, 0.29) is 34.6 Å². The maximum absolute atomic E-state index is 12.9. The molecule has 0 bridgehead atoms. The van der Waals surface area contributed by atoms with Crippen LogP contribution in [0, 0.1) is 11.8 Å². The number of fused-ring (bicyclic) bond motifs is 1. The Bertz CT molecular complexity index is 1140. The first-order chi connectivity index (χ1) is 16.2. The second-order valence-electron chi connectivity index (χ2n) is 9.38. The van der Waals surface area contributed by atoms with Gasteiger partial charge in [-0.05, 0) is 80.3 Å². The highest BCUT2D eigenvalue weighted by atomic mass is 32.2. The first kappa shape index (κ1) is 24.3. The van der Waals surface area contributed by atoms with Crippen molar-refractivity contribution in [3.63, 3.8) is 0 Å². The largest absolute Gasteiger partial charge is 0.352 e. The van der Waals surface area contributed by atoms with Crippen LogP contribution in [0.4, 0.5) is 5.69 Å². The average molecular weight is 485 g/mol. The number of sulfonamides is 1. The van der Waals surface area contributed by atoms with Gasteiger partial charge in [0.25, 0.3) is 0 Å². The summed E-state index contributed by atoms with van der Waals surface area (Å²) in [6, 6.07) is 8.77. The number of hydrogen-bond acceptors (Lipinski definition) is 5. The highest BCUT2D eigenvalue weighted by Gasteiger charge is 2.31. The number of aromatic nitrogens is 1. The van der Waals surface area contributed by atoms with Gasteiger partial charge >= 0.3 is 0 Å². The molecule has 1 aliphatic heterocycles. The molecule has 1 atom stereocenters. The molecule has 1 fully saturated rings. The van der Waals surface area contributed by atoms with E-state index in [0.29, 0.717) is 19.5 Å². The molecule has 0 saturated heterocycles. The van der Waals surface area contributed by atoms with Crippen molar-refractivity contribution in [2.45, 2.75) is 63.4 Å². The molecule has 2 amide bonds. The Balaban J connectivity index is 1.27. The zero-order chi connectivity index (χ0) is 24.3. The zero-order valence-electron chi connectivity index (χ0n) is 19.7. The highest BCUT2D eigenvalue weighted by Crippen LogP contribution is 2.34. The van der Waals surface area contributed by atoms with Gasteiger partial charge in [-0.1, -0.05) is 6.07 Å². The third-order valence-electron chi connectivity index (χ3n) is 6.89. The molecule has 0 radical (unpaired) electrons. The Hall–Kier alpha value is -2.78. The quantitative estimate of drug-likeness (QED) is 0.628. The van der Waals surface area contributed by atoms with Crippen molar-refractivity contribution >= 4 is 27.5 Å². The maximum Gasteiger partial charge on any atom is 0.240 e. The van der Waals surface area contributed by atoms with Crippen molar-refractivity contribution in [1.82, 2.24) is 15.0 Å². The van der Waals surface area contributed by atoms with Gasteiger partial charge in [0.2, 0.25) is 21.8 Å². The molecule has 1 saturated carbocycles. The molecule has 182 valence electrons. The standard InChI is InChI=1S/C25H32N4O4S/c1-17-12-22-13-23(9-10-24(22)29(17)18(2)30)34(32,33)28-16-19-5-7-21(8-6-19)25(31)27-15-20-4-3-11-26-14-20/h3-4,9-11,13-14,17,19,21,28H,5-8,12,15-16H2,1-2H3,(H,27,31)/t17-,19?,21?/m0/s1. The number of anilines is 1. The normalized spacial score (nSPS) is 22.3. The molecule has 34 heavy (non-hydrogen) atoms. The van der Waals surface area contributed by atoms with Crippen LogP contribution in [-0.4, -0.2) is 37.8 Å². The van der Waals surface area contributed by atoms with Crippen LogP contribution < -0.4 is 14.9 Å². The third-order valence-corrected chi connectivity index (χ3v) is 8.31. The molecular weight excluding hydrogens is 452 g/mol. The van der Waals surface area contributed by atoms with Gasteiger partial charge in [-0.2, -0.15) is 0 Å². The van der Waals surface area contributed by atoms with Crippen LogP contribution in [0.1, 0.15) is 50.7 Å². The Morgan fingerprint density at radius 1 is 1.15 bits per heavy atom. The summed E-state index contributed by atoms with van der Waals surface area (Å²) in [4.78, 5) is 30.4. The van der Waals surface area contributed by atoms with Crippen molar-refractivity contribution in [3.05, 3.63) is 53.9 Å². The van der Waals surface area contributed by atoms with E-state index in [1.54, 1.807) is 35.5 Å². The number of benzene rings is 1. The summed E-state index contributed by atoms with van der Waals surface area (Å²) in [5.41, 5.74) is 2.64. The second-order valence-corrected chi connectivity index (χ2v) is 11.1. The predicted molar refractivity (Wildman–Crippen MR) is 129 cm³/mol. The highest BCUT2D eigenvalue weighted by molar-refractivity contribution is 7.89. The minimum absolute atomic E-state index is 0.0233. The first-order valence-corrected chi connectivity index (χ1v) is 13.3. The molecule has 2 aliphatic rings. The Morgan fingerprint density at radius 3 is 2.59 bits per heavy atom. The number of amides is 2. The fourth-order valence-electron chi connectivity index (χ4n) is 5.03. The molecule has 8 nitrogen and oxygen atoms in total. The number of pyridine rings is 1. The second kappa shape index (κ2) is 10.2. The lowest BCUT2D eigenvalue weighted by molar-refractivity contribution is -0.126. The molecule has 1 aromatic carbocycles. The number of hydrogen-bond donors (Lipinski definition) is 2. The van der Waals surface area contributed by atoms with Gasteiger partial charge in [0.05, 0.1) is 4.90 Å². The van der Waals surface area contributed by atoms with Crippen molar-refractivity contribution < 1.29 is 18.0 Å². The fraction of sp³-hybridized carbons (Fsp3) is 0.480. The van der Waals surface area contributed by atoms with Gasteiger partial charge < -0.3 is 10.2 Å². The molecule has 0 spiro atoms. The zero-order valence-corrected chi connectivity index (χ0v) is 20.5. The number of carbonyl (C=O) groups excluding carboxylic acids is 2. The molecule has 1 aromatic heterocycles. The smallest absolute Gasteiger partial charge is 0.240 e. The van der Waals surface area contributed by atoms with E-state index in [1.165, 1.54) is 6.92 Å². The lowest BCUT2D eigenvalue weighted by Crippen LogP contribution is -2.36. The molecule has 1 aliphatic carbocycles. The van der Waals surface area contributed by atoms with E-state index in [9.17, 15) is 18.0 Å². The monoisotopic (exact) mass is 484 g/mol. The van der Waals surface area contributed by atoms with E-state index >= 15 is 0 Å². The number of rotatable bonds is 7. The summed E-state index contributed by atoms with van der Waals surface area (Å²) in [5.74, 6) is 0.184. The number of carbonyl (C=O) groups is 2. The van der Waals surface area contributed by atoms with Crippen molar-refractivity contribution in [2.24, 2.45) is 11.8 Å². The first-order valence-electron chi connectivity index (χ1n) is 11.8. The van der Waals surface area contributed by atoms with Gasteiger partial charge in [0.15, 0.2) is 0 Å². The van der Waals surface area contributed by atoms with Crippen molar-refractivity contribution in [2.75, 3.05) is 11.4 Å². The molecule has 2 N–H and O–H groups in total. The van der Waals surface area contributed by atoms with Gasteiger partial charge in [0, 0.05) is 50.1 Å². The Morgan fingerprint density at radius 2 is 1.91 bits per heavy atom. The summed E-state index contributed by atoms with van der Waals surface area (Å²) in [5, 5.41) is 2.98. The summed E-state index contributed by atoms with van der Waals surface area (Å²) >= 11 is 0. The summed E-state index contributed by atoms with van der Waals surface area (Å²) < 4.78 is 28.6. The minimum atomic E-state index is -3.64. The summed E-state index contributed by atoms with van der Waals surface area (Å²) in [7, 11) is -3.64. The summed E-state index contributed by atoms with van der Waals surface area (Å²) in [6.07, 6.45) is 7.21. The molecule has 9 heteroatoms. The van der Waals surface area contributed by atoms with Crippen LogP contribution in [0.5, 0.6) is 0 Å². The van der Waals surface area contributed by atoms with Gasteiger partial charge in [0.1, 0.15) is 0 Å². The molecule has 0 unspecified atom stereocenters. The predicted octanol–water partition coefficient (Wildman–Crippen LogP) is 2.78. The van der Waals surface area contributed by atoms with E-state index in [0.717, 1.165) is 42.5 Å². The number of nitrogens with zero attached hydrogens (tertiary/aromatic N) is 2. The van der Waals surface area contributed by atoms with Gasteiger partial charge in [-0.15, -0.1) is 0 Å². The third kappa shape index (κ3) is 5.47. The van der Waals surface area contributed by atoms with Gasteiger partial charge in [-0.3, -0.25) is 14.6 Å². The van der Waals surface area contributed by atoms with Crippen LogP contribution >= 0.6 is 0 Å².